The Bertz CT molecular complexity index is 564. The standard InChI is InChI=1S/C24H46N6O/c1-3-25-23(29-12-7-22(20-29)19-28-15-17-31-18-16-28)26-21-24(8-13-27(2)14-9-24)30-10-5-4-6-11-30/h22H,3-21H2,1-2H3,(H,25,26). The van der Waals surface area contributed by atoms with Crippen LogP contribution in [0.25, 0.3) is 0 Å². The fourth-order valence-electron chi connectivity index (χ4n) is 5.95. The third-order valence-electron chi connectivity index (χ3n) is 8.01. The van der Waals surface area contributed by atoms with Gasteiger partial charge in [-0.1, -0.05) is 6.42 Å². The highest BCUT2D eigenvalue weighted by Gasteiger charge is 2.40. The predicted molar refractivity (Wildman–Crippen MR) is 128 cm³/mol. The maximum Gasteiger partial charge on any atom is 0.193 e. The fourth-order valence-corrected chi connectivity index (χ4v) is 5.95. The zero-order valence-corrected chi connectivity index (χ0v) is 20.2. The summed E-state index contributed by atoms with van der Waals surface area (Å²) in [6.45, 7) is 16.5. The van der Waals surface area contributed by atoms with E-state index < -0.39 is 0 Å². The van der Waals surface area contributed by atoms with E-state index in [1.807, 2.05) is 0 Å². The molecule has 4 fully saturated rings. The Labute approximate surface area is 190 Å². The Hall–Kier alpha value is -0.890. The average Bonchev–Trinajstić information content (AvgIpc) is 3.27. The van der Waals surface area contributed by atoms with Crippen LogP contribution in [0.5, 0.6) is 0 Å². The van der Waals surface area contributed by atoms with Gasteiger partial charge in [-0.3, -0.25) is 14.8 Å². The summed E-state index contributed by atoms with van der Waals surface area (Å²) >= 11 is 0. The van der Waals surface area contributed by atoms with Gasteiger partial charge in [-0.25, -0.2) is 0 Å². The molecule has 0 aromatic carbocycles. The van der Waals surface area contributed by atoms with Crippen LogP contribution >= 0.6 is 0 Å². The number of morpholine rings is 1. The summed E-state index contributed by atoms with van der Waals surface area (Å²) in [5.74, 6) is 1.91. The van der Waals surface area contributed by atoms with Gasteiger partial charge < -0.3 is 19.9 Å². The molecule has 0 bridgehead atoms. The van der Waals surface area contributed by atoms with Crippen LogP contribution in [-0.2, 0) is 4.74 Å². The van der Waals surface area contributed by atoms with Crippen molar-refractivity contribution in [3.63, 3.8) is 0 Å². The van der Waals surface area contributed by atoms with Gasteiger partial charge in [0.25, 0.3) is 0 Å². The molecule has 0 aromatic rings. The van der Waals surface area contributed by atoms with E-state index in [1.165, 1.54) is 71.2 Å². The zero-order chi connectivity index (χ0) is 21.5. The second-order valence-electron chi connectivity index (χ2n) is 10.3. The van der Waals surface area contributed by atoms with Crippen LogP contribution < -0.4 is 5.32 Å². The molecule has 0 spiro atoms. The number of nitrogens with zero attached hydrogens (tertiary/aromatic N) is 5. The summed E-state index contributed by atoms with van der Waals surface area (Å²) in [6.07, 6.45) is 7.91. The Morgan fingerprint density at radius 1 is 1.00 bits per heavy atom. The second-order valence-corrected chi connectivity index (χ2v) is 10.3. The molecule has 4 aliphatic rings. The van der Waals surface area contributed by atoms with Crippen LogP contribution in [0.3, 0.4) is 0 Å². The van der Waals surface area contributed by atoms with Gasteiger partial charge in [0.2, 0.25) is 0 Å². The molecule has 7 nitrogen and oxygen atoms in total. The fraction of sp³-hybridized carbons (Fsp3) is 0.958. The van der Waals surface area contributed by atoms with Crippen molar-refractivity contribution in [1.29, 1.82) is 0 Å². The van der Waals surface area contributed by atoms with Gasteiger partial charge in [-0.2, -0.15) is 0 Å². The Morgan fingerprint density at radius 3 is 2.45 bits per heavy atom. The number of piperidine rings is 2. The Balaban J connectivity index is 1.39. The maximum absolute atomic E-state index is 5.52. The van der Waals surface area contributed by atoms with Gasteiger partial charge in [-0.15, -0.1) is 0 Å². The van der Waals surface area contributed by atoms with E-state index in [0.717, 1.165) is 64.4 Å². The maximum atomic E-state index is 5.52. The summed E-state index contributed by atoms with van der Waals surface area (Å²) in [5.41, 5.74) is 0.264. The van der Waals surface area contributed by atoms with Crippen molar-refractivity contribution in [2.24, 2.45) is 10.9 Å². The molecule has 0 amide bonds. The second kappa shape index (κ2) is 11.3. The Morgan fingerprint density at radius 2 is 1.74 bits per heavy atom. The van der Waals surface area contributed by atoms with Gasteiger partial charge in [0, 0.05) is 44.8 Å². The van der Waals surface area contributed by atoms with Crippen LogP contribution in [-0.4, -0.2) is 123 Å². The van der Waals surface area contributed by atoms with Crippen molar-refractivity contribution in [1.82, 2.24) is 24.9 Å². The number of guanidine groups is 1. The highest BCUT2D eigenvalue weighted by Crippen LogP contribution is 2.32. The van der Waals surface area contributed by atoms with Crippen molar-refractivity contribution in [3.8, 4) is 0 Å². The number of likely N-dealkylation sites (tertiary alicyclic amines) is 3. The molecule has 0 saturated carbocycles. The van der Waals surface area contributed by atoms with Gasteiger partial charge >= 0.3 is 0 Å². The summed E-state index contributed by atoms with van der Waals surface area (Å²) in [4.78, 5) is 15.7. The lowest BCUT2D eigenvalue weighted by Gasteiger charge is -2.49. The SMILES string of the molecule is CCNC(=NCC1(N2CCCCC2)CCN(C)CC1)N1CCC(CN2CCOCC2)C1. The third kappa shape index (κ3) is 6.12. The molecule has 4 heterocycles. The minimum absolute atomic E-state index is 0.264. The van der Waals surface area contributed by atoms with E-state index in [2.05, 4.69) is 38.9 Å². The smallest absolute Gasteiger partial charge is 0.193 e. The van der Waals surface area contributed by atoms with Crippen LogP contribution in [0, 0.1) is 5.92 Å². The van der Waals surface area contributed by atoms with Crippen molar-refractivity contribution >= 4 is 5.96 Å². The number of hydrogen-bond acceptors (Lipinski definition) is 5. The first-order valence-electron chi connectivity index (χ1n) is 13.0. The summed E-state index contributed by atoms with van der Waals surface area (Å²) < 4.78 is 5.52. The van der Waals surface area contributed by atoms with Gasteiger partial charge in [0.05, 0.1) is 19.8 Å². The molecule has 0 aliphatic carbocycles. The minimum atomic E-state index is 0.264. The van der Waals surface area contributed by atoms with Crippen LogP contribution in [0.4, 0.5) is 0 Å². The summed E-state index contributed by atoms with van der Waals surface area (Å²) in [6, 6.07) is 0. The monoisotopic (exact) mass is 434 g/mol. The summed E-state index contributed by atoms with van der Waals surface area (Å²) in [5, 5.41) is 3.63. The molecular weight excluding hydrogens is 388 g/mol. The largest absolute Gasteiger partial charge is 0.379 e. The molecule has 4 rings (SSSR count). The molecule has 4 aliphatic heterocycles. The molecular formula is C24H46N6O. The van der Waals surface area contributed by atoms with Gasteiger partial charge in [0.15, 0.2) is 5.96 Å². The highest BCUT2D eigenvalue weighted by molar-refractivity contribution is 5.80. The van der Waals surface area contributed by atoms with E-state index in [-0.39, 0.29) is 5.54 Å². The third-order valence-corrected chi connectivity index (χ3v) is 8.01. The number of hydrogen-bond donors (Lipinski definition) is 1. The number of rotatable bonds is 6. The van der Waals surface area contributed by atoms with Crippen LogP contribution in [0.2, 0.25) is 0 Å². The van der Waals surface area contributed by atoms with E-state index in [9.17, 15) is 0 Å². The van der Waals surface area contributed by atoms with Crippen LogP contribution in [0.15, 0.2) is 4.99 Å². The normalized spacial score (nSPS) is 29.4. The zero-order valence-electron chi connectivity index (χ0n) is 20.2. The molecule has 1 N–H and O–H groups in total. The van der Waals surface area contributed by atoms with Crippen molar-refractivity contribution in [2.45, 2.75) is 51.0 Å². The van der Waals surface area contributed by atoms with Crippen molar-refractivity contribution in [2.75, 3.05) is 92.3 Å². The van der Waals surface area contributed by atoms with E-state index in [0.29, 0.717) is 0 Å². The van der Waals surface area contributed by atoms with E-state index in [1.54, 1.807) is 0 Å². The predicted octanol–water partition coefficient (Wildman–Crippen LogP) is 1.56. The van der Waals surface area contributed by atoms with E-state index in [4.69, 9.17) is 9.73 Å². The molecule has 7 heteroatoms. The molecule has 31 heavy (non-hydrogen) atoms. The molecule has 0 aromatic heterocycles. The number of ether oxygens (including phenoxy) is 1. The van der Waals surface area contributed by atoms with Gasteiger partial charge in [0.1, 0.15) is 0 Å². The topological polar surface area (TPSA) is 46.6 Å². The summed E-state index contributed by atoms with van der Waals surface area (Å²) in [7, 11) is 2.27. The lowest BCUT2D eigenvalue weighted by molar-refractivity contribution is 0.0206. The number of nitrogens with one attached hydrogen (secondary N) is 1. The first-order valence-corrected chi connectivity index (χ1v) is 13.0. The first kappa shape index (κ1) is 23.3. The van der Waals surface area contributed by atoms with Crippen LogP contribution in [0.1, 0.15) is 45.4 Å². The lowest BCUT2D eigenvalue weighted by atomic mass is 9.84. The van der Waals surface area contributed by atoms with Crippen molar-refractivity contribution < 1.29 is 4.74 Å². The van der Waals surface area contributed by atoms with Crippen molar-refractivity contribution in [3.05, 3.63) is 0 Å². The average molecular weight is 435 g/mol. The minimum Gasteiger partial charge on any atom is -0.379 e. The molecule has 4 saturated heterocycles. The highest BCUT2D eigenvalue weighted by atomic mass is 16.5. The first-order chi connectivity index (χ1) is 15.2. The molecule has 1 atom stereocenters. The molecule has 0 radical (unpaired) electrons. The number of aliphatic imine (C=N–C) groups is 1. The van der Waals surface area contributed by atoms with E-state index >= 15 is 0 Å². The Kier molecular flexibility index (Phi) is 8.49. The lowest BCUT2D eigenvalue weighted by Crippen LogP contribution is -2.58. The molecule has 1 unspecified atom stereocenters. The van der Waals surface area contributed by atoms with Gasteiger partial charge in [-0.05, 0) is 78.2 Å². The molecule has 178 valence electrons. The quantitative estimate of drug-likeness (QED) is 0.506.